The number of esters is 1. The summed E-state index contributed by atoms with van der Waals surface area (Å²) in [4.78, 5) is 47.9. The van der Waals surface area contributed by atoms with Crippen LogP contribution in [0.15, 0.2) is 11.1 Å². The Morgan fingerprint density at radius 1 is 0.854 bits per heavy atom. The second-order valence-electron chi connectivity index (χ2n) is 15.3. The zero-order valence-corrected chi connectivity index (χ0v) is 26.5. The van der Waals surface area contributed by atoms with Crippen molar-refractivity contribution in [2.75, 3.05) is 0 Å². The van der Waals surface area contributed by atoms with Crippen LogP contribution in [-0.2, 0) is 23.9 Å². The van der Waals surface area contributed by atoms with E-state index in [4.69, 9.17) is 9.84 Å². The fraction of sp³-hybridized carbons (Fsp3) is 0.824. The van der Waals surface area contributed by atoms with Crippen molar-refractivity contribution in [1.82, 2.24) is 0 Å². The second-order valence-corrected chi connectivity index (χ2v) is 15.3. The summed E-state index contributed by atoms with van der Waals surface area (Å²) in [6.45, 7) is 17.3. The molecule has 2 unspecified atom stereocenters. The Balaban J connectivity index is 1.56. The molecule has 7 nitrogen and oxygen atoms in total. The van der Waals surface area contributed by atoms with Crippen LogP contribution in [0.2, 0.25) is 0 Å². The molecule has 2 saturated carbocycles. The molecule has 0 bridgehead atoms. The van der Waals surface area contributed by atoms with E-state index in [-0.39, 0.29) is 39.5 Å². The fourth-order valence-electron chi connectivity index (χ4n) is 10.3. The van der Waals surface area contributed by atoms with Crippen molar-refractivity contribution in [1.29, 1.82) is 0 Å². The molecular weight excluding hydrogens is 520 g/mol. The number of ether oxygens (including phenoxy) is 1. The van der Waals surface area contributed by atoms with E-state index < -0.39 is 36.2 Å². The lowest BCUT2D eigenvalue weighted by atomic mass is 9.43. The molecule has 4 aliphatic rings. The van der Waals surface area contributed by atoms with Gasteiger partial charge in [-0.05, 0) is 85.4 Å². The summed E-state index contributed by atoms with van der Waals surface area (Å²) in [5.41, 5.74) is 3.19. The van der Waals surface area contributed by atoms with Gasteiger partial charge >= 0.3 is 17.9 Å². The summed E-state index contributed by atoms with van der Waals surface area (Å²) in [6, 6.07) is 0. The van der Waals surface area contributed by atoms with Gasteiger partial charge in [0, 0.05) is 17.8 Å². The van der Waals surface area contributed by atoms with Crippen LogP contribution in [-0.4, -0.2) is 40.0 Å². The molecule has 0 radical (unpaired) electrons. The first-order valence-corrected chi connectivity index (χ1v) is 15.8. The standard InChI is InChI=1S/C34H52O7/c1-19(17-25(35)20(2)21(3)30(39)40)22-11-15-34(8)24-9-10-26-31(4,5)27(41-29(38)18-28(36)37)13-14-32(26,6)23(24)12-16-33(22,34)7/h19-22,26-27H,9-18H2,1-8H3,(H,36,37)(H,39,40)/t19-,20-,21?,22-,26?,27+,32-,33-,34+/m1/s1. The van der Waals surface area contributed by atoms with E-state index in [2.05, 4.69) is 41.5 Å². The minimum Gasteiger partial charge on any atom is -0.481 e. The Morgan fingerprint density at radius 3 is 2.12 bits per heavy atom. The lowest BCUT2D eigenvalue weighted by molar-refractivity contribution is -0.172. The van der Waals surface area contributed by atoms with Crippen molar-refractivity contribution in [3.05, 3.63) is 11.1 Å². The highest BCUT2D eigenvalue weighted by Gasteiger charge is 2.63. The number of fused-ring (bicyclic) bond motifs is 4. The van der Waals surface area contributed by atoms with E-state index in [9.17, 15) is 24.3 Å². The van der Waals surface area contributed by atoms with Gasteiger partial charge in [0.05, 0.1) is 5.92 Å². The average molecular weight is 573 g/mol. The lowest BCUT2D eigenvalue weighted by Gasteiger charge is -2.62. The summed E-state index contributed by atoms with van der Waals surface area (Å²) < 4.78 is 5.77. The summed E-state index contributed by atoms with van der Waals surface area (Å²) in [5, 5.41) is 18.4. The number of aliphatic carboxylic acids is 2. The first kappa shape index (κ1) is 31.7. The van der Waals surface area contributed by atoms with Gasteiger partial charge in [0.25, 0.3) is 0 Å². The molecule has 0 aromatic heterocycles. The van der Waals surface area contributed by atoms with E-state index >= 15 is 0 Å². The summed E-state index contributed by atoms with van der Waals surface area (Å²) >= 11 is 0. The van der Waals surface area contributed by atoms with E-state index in [1.807, 2.05) is 0 Å². The van der Waals surface area contributed by atoms with E-state index in [1.54, 1.807) is 25.0 Å². The second kappa shape index (κ2) is 10.8. The molecule has 41 heavy (non-hydrogen) atoms. The summed E-state index contributed by atoms with van der Waals surface area (Å²) in [7, 11) is 0. The molecule has 0 heterocycles. The maximum atomic E-state index is 13.1. The van der Waals surface area contributed by atoms with Gasteiger partial charge in [-0.1, -0.05) is 66.5 Å². The summed E-state index contributed by atoms with van der Waals surface area (Å²) in [6.07, 6.45) is 7.67. The molecule has 0 aromatic carbocycles. The van der Waals surface area contributed by atoms with Gasteiger partial charge in [0.15, 0.2) is 0 Å². The van der Waals surface area contributed by atoms with Crippen LogP contribution in [0, 0.1) is 51.2 Å². The number of carboxylic acids is 2. The van der Waals surface area contributed by atoms with Crippen LogP contribution in [0.1, 0.15) is 120 Å². The number of ketones is 1. The fourth-order valence-corrected chi connectivity index (χ4v) is 10.3. The van der Waals surface area contributed by atoms with Gasteiger partial charge < -0.3 is 14.9 Å². The van der Waals surface area contributed by atoms with Crippen molar-refractivity contribution in [3.8, 4) is 0 Å². The molecule has 0 aliphatic heterocycles. The number of allylic oxidation sites excluding steroid dienone is 2. The molecule has 7 heteroatoms. The molecule has 4 rings (SSSR count). The summed E-state index contributed by atoms with van der Waals surface area (Å²) in [5.74, 6) is -2.81. The Bertz CT molecular complexity index is 1140. The number of carbonyl (C=O) groups excluding carboxylic acids is 2. The SMILES string of the molecule is CC(C(=O)O)[C@@H](C)C(=O)C[C@@H](C)[C@H]1CC[C@@]2(C)C3=C(CC[C@]12C)[C@@]1(C)CC[C@H](OC(=O)CC(=O)O)C(C)(C)C1CC3. The Morgan fingerprint density at radius 2 is 1.51 bits per heavy atom. The molecular formula is C34H52O7. The third-order valence-corrected chi connectivity index (χ3v) is 13.2. The van der Waals surface area contributed by atoms with Crippen LogP contribution >= 0.6 is 0 Å². The molecule has 2 N–H and O–H groups in total. The van der Waals surface area contributed by atoms with Crippen LogP contribution in [0.3, 0.4) is 0 Å². The molecule has 9 atom stereocenters. The average Bonchev–Trinajstić information content (AvgIpc) is 3.15. The maximum absolute atomic E-state index is 13.1. The smallest absolute Gasteiger partial charge is 0.317 e. The molecule has 2 fully saturated rings. The number of carbonyl (C=O) groups is 4. The van der Waals surface area contributed by atoms with Crippen LogP contribution in [0.25, 0.3) is 0 Å². The van der Waals surface area contributed by atoms with Crippen LogP contribution < -0.4 is 0 Å². The minimum absolute atomic E-state index is 0.0270. The molecule has 0 aromatic rings. The van der Waals surface area contributed by atoms with Crippen molar-refractivity contribution >= 4 is 23.7 Å². The Hall–Kier alpha value is -2.18. The van der Waals surface area contributed by atoms with E-state index in [0.29, 0.717) is 18.3 Å². The highest BCUT2D eigenvalue weighted by molar-refractivity contribution is 5.90. The number of hydrogen-bond acceptors (Lipinski definition) is 5. The van der Waals surface area contributed by atoms with Gasteiger partial charge in [-0.15, -0.1) is 0 Å². The predicted octanol–water partition coefficient (Wildman–Crippen LogP) is 7.07. The van der Waals surface area contributed by atoms with Crippen molar-refractivity contribution < 1.29 is 34.1 Å². The third kappa shape index (κ3) is 5.07. The van der Waals surface area contributed by atoms with Gasteiger partial charge in [-0.2, -0.15) is 0 Å². The molecule has 0 saturated heterocycles. The Kier molecular flexibility index (Phi) is 8.38. The highest BCUT2D eigenvalue weighted by Crippen LogP contribution is 2.72. The van der Waals surface area contributed by atoms with Crippen LogP contribution in [0.5, 0.6) is 0 Å². The quantitative estimate of drug-likeness (QED) is 0.172. The van der Waals surface area contributed by atoms with Gasteiger partial charge in [-0.3, -0.25) is 19.2 Å². The predicted molar refractivity (Wildman–Crippen MR) is 156 cm³/mol. The third-order valence-electron chi connectivity index (χ3n) is 13.2. The minimum atomic E-state index is -1.16. The first-order chi connectivity index (χ1) is 18.9. The number of rotatable bonds is 9. The number of carboxylic acid groups (broad SMARTS) is 2. The Labute approximate surface area is 245 Å². The molecule has 0 amide bonds. The number of Topliss-reactive ketones (excluding diaryl/α,β-unsaturated/α-hetero) is 1. The zero-order valence-electron chi connectivity index (χ0n) is 26.5. The van der Waals surface area contributed by atoms with E-state index in [1.165, 1.54) is 0 Å². The van der Waals surface area contributed by atoms with Crippen LogP contribution in [0.4, 0.5) is 0 Å². The van der Waals surface area contributed by atoms with Crippen molar-refractivity contribution in [3.63, 3.8) is 0 Å². The maximum Gasteiger partial charge on any atom is 0.317 e. The number of hydrogen-bond donors (Lipinski definition) is 2. The molecule has 4 aliphatic carbocycles. The topological polar surface area (TPSA) is 118 Å². The van der Waals surface area contributed by atoms with E-state index in [0.717, 1.165) is 51.4 Å². The van der Waals surface area contributed by atoms with Gasteiger partial charge in [0.1, 0.15) is 18.3 Å². The normalized spacial score (nSPS) is 38.1. The van der Waals surface area contributed by atoms with Gasteiger partial charge in [0.2, 0.25) is 0 Å². The lowest BCUT2D eigenvalue weighted by Crippen LogP contribution is -2.56. The largest absolute Gasteiger partial charge is 0.481 e. The molecule has 0 spiro atoms. The zero-order chi connectivity index (χ0) is 30.7. The van der Waals surface area contributed by atoms with Crippen molar-refractivity contribution in [2.45, 2.75) is 126 Å². The first-order valence-electron chi connectivity index (χ1n) is 15.8. The monoisotopic (exact) mass is 572 g/mol. The highest BCUT2D eigenvalue weighted by atomic mass is 16.5. The molecule has 230 valence electrons. The van der Waals surface area contributed by atoms with Crippen molar-refractivity contribution in [2.24, 2.45) is 51.2 Å². The van der Waals surface area contributed by atoms with Gasteiger partial charge in [-0.25, -0.2) is 0 Å².